The molecule has 1 aromatic carbocycles. The SMILES string of the molecule is C[C@H]1CCCC[C@H]1N1C(=O)C(=O)N(Cc2ncc(-c3ccccc3)o2)C1=O. The quantitative estimate of drug-likeness (QED) is 0.612. The number of benzene rings is 1. The standard InChI is InChI=1S/C20H21N3O4/c1-13-7-5-6-10-15(13)23-19(25)18(24)22(20(23)26)12-17-21-11-16(27-17)14-8-3-2-4-9-14/h2-4,8-9,11,13,15H,5-7,10,12H2,1H3/t13-,15+/m0/s1. The number of carbonyl (C=O) groups excluding carboxylic acids is 3. The van der Waals surface area contributed by atoms with Gasteiger partial charge in [-0.3, -0.25) is 14.5 Å². The lowest BCUT2D eigenvalue weighted by Gasteiger charge is -2.33. The van der Waals surface area contributed by atoms with Gasteiger partial charge < -0.3 is 4.42 Å². The zero-order valence-corrected chi connectivity index (χ0v) is 15.1. The van der Waals surface area contributed by atoms with Gasteiger partial charge in [-0.2, -0.15) is 0 Å². The number of oxazole rings is 1. The first-order valence-corrected chi connectivity index (χ1v) is 9.25. The molecular formula is C20H21N3O4. The van der Waals surface area contributed by atoms with Crippen LogP contribution in [0.3, 0.4) is 0 Å². The molecule has 0 bridgehead atoms. The Labute approximate surface area is 157 Å². The molecule has 0 unspecified atom stereocenters. The molecule has 0 spiro atoms. The minimum absolute atomic E-state index is 0.145. The molecule has 1 saturated carbocycles. The summed E-state index contributed by atoms with van der Waals surface area (Å²) < 4.78 is 5.68. The number of amides is 4. The first-order valence-electron chi connectivity index (χ1n) is 9.25. The zero-order chi connectivity index (χ0) is 19.0. The molecule has 1 aliphatic carbocycles. The minimum atomic E-state index is -0.808. The third kappa shape index (κ3) is 3.13. The molecule has 2 heterocycles. The van der Waals surface area contributed by atoms with Crippen molar-refractivity contribution >= 4 is 17.8 Å². The highest BCUT2D eigenvalue weighted by atomic mass is 16.4. The lowest BCUT2D eigenvalue weighted by molar-refractivity contribution is -0.144. The van der Waals surface area contributed by atoms with E-state index < -0.39 is 17.8 Å². The van der Waals surface area contributed by atoms with Crippen molar-refractivity contribution in [2.24, 2.45) is 5.92 Å². The molecule has 2 atom stereocenters. The van der Waals surface area contributed by atoms with Crippen molar-refractivity contribution in [1.82, 2.24) is 14.8 Å². The van der Waals surface area contributed by atoms with Crippen molar-refractivity contribution in [1.29, 1.82) is 0 Å². The van der Waals surface area contributed by atoms with Crippen molar-refractivity contribution in [2.75, 3.05) is 0 Å². The molecule has 4 rings (SSSR count). The number of urea groups is 1. The lowest BCUT2D eigenvalue weighted by atomic mass is 9.85. The second-order valence-electron chi connectivity index (χ2n) is 7.16. The van der Waals surface area contributed by atoms with Crippen LogP contribution in [0.15, 0.2) is 40.9 Å². The normalized spacial score (nSPS) is 23.4. The van der Waals surface area contributed by atoms with Crippen LogP contribution in [-0.2, 0) is 16.1 Å². The Kier molecular flexibility index (Phi) is 4.51. The van der Waals surface area contributed by atoms with Gasteiger partial charge in [0.15, 0.2) is 5.76 Å². The molecule has 2 aliphatic rings. The molecule has 4 amide bonds. The van der Waals surface area contributed by atoms with E-state index >= 15 is 0 Å². The molecule has 1 aromatic heterocycles. The van der Waals surface area contributed by atoms with Crippen molar-refractivity contribution in [3.8, 4) is 11.3 Å². The van der Waals surface area contributed by atoms with Gasteiger partial charge in [0.05, 0.1) is 6.20 Å². The van der Waals surface area contributed by atoms with E-state index in [2.05, 4.69) is 4.98 Å². The maximum Gasteiger partial charge on any atom is 0.334 e. The molecule has 1 aliphatic heterocycles. The number of hydrogen-bond acceptors (Lipinski definition) is 5. The Balaban J connectivity index is 1.53. The maximum atomic E-state index is 12.8. The Bertz CT molecular complexity index is 876. The van der Waals surface area contributed by atoms with Gasteiger partial charge in [0.2, 0.25) is 5.89 Å². The van der Waals surface area contributed by atoms with Crippen molar-refractivity contribution in [3.05, 3.63) is 42.4 Å². The van der Waals surface area contributed by atoms with E-state index in [1.54, 1.807) is 6.20 Å². The van der Waals surface area contributed by atoms with E-state index in [9.17, 15) is 14.4 Å². The van der Waals surface area contributed by atoms with Crippen LogP contribution in [0.4, 0.5) is 4.79 Å². The van der Waals surface area contributed by atoms with E-state index in [4.69, 9.17) is 4.42 Å². The molecular weight excluding hydrogens is 346 g/mol. The summed E-state index contributed by atoms with van der Waals surface area (Å²) >= 11 is 0. The summed E-state index contributed by atoms with van der Waals surface area (Å²) in [5.41, 5.74) is 0.851. The highest BCUT2D eigenvalue weighted by Crippen LogP contribution is 2.31. The summed E-state index contributed by atoms with van der Waals surface area (Å²) in [6.07, 6.45) is 5.30. The molecule has 140 valence electrons. The van der Waals surface area contributed by atoms with E-state index in [0.717, 1.165) is 41.0 Å². The predicted octanol–water partition coefficient (Wildman–Crippen LogP) is 3.21. The van der Waals surface area contributed by atoms with Crippen LogP contribution in [0, 0.1) is 5.92 Å². The van der Waals surface area contributed by atoms with Crippen LogP contribution in [0.2, 0.25) is 0 Å². The van der Waals surface area contributed by atoms with E-state index in [0.29, 0.717) is 5.76 Å². The number of carbonyl (C=O) groups is 3. The fraction of sp³-hybridized carbons (Fsp3) is 0.400. The minimum Gasteiger partial charge on any atom is -0.439 e. The second kappa shape index (κ2) is 6.98. The van der Waals surface area contributed by atoms with Crippen LogP contribution in [-0.4, -0.2) is 38.7 Å². The maximum absolute atomic E-state index is 12.8. The van der Waals surface area contributed by atoms with Crippen LogP contribution < -0.4 is 0 Å². The van der Waals surface area contributed by atoms with Crippen LogP contribution in [0.5, 0.6) is 0 Å². The third-order valence-electron chi connectivity index (χ3n) is 5.39. The largest absolute Gasteiger partial charge is 0.439 e. The summed E-state index contributed by atoms with van der Waals surface area (Å²) in [7, 11) is 0. The molecule has 2 fully saturated rings. The highest BCUT2D eigenvalue weighted by molar-refractivity contribution is 6.44. The molecule has 1 saturated heterocycles. The Morgan fingerprint density at radius 2 is 1.81 bits per heavy atom. The van der Waals surface area contributed by atoms with Gasteiger partial charge in [0.25, 0.3) is 0 Å². The fourth-order valence-corrected chi connectivity index (χ4v) is 3.89. The van der Waals surface area contributed by atoms with Crippen molar-refractivity contribution < 1.29 is 18.8 Å². The first kappa shape index (κ1) is 17.5. The van der Waals surface area contributed by atoms with Gasteiger partial charge in [0, 0.05) is 11.6 Å². The average molecular weight is 367 g/mol. The number of aromatic nitrogens is 1. The van der Waals surface area contributed by atoms with E-state index in [1.165, 1.54) is 0 Å². The van der Waals surface area contributed by atoms with E-state index in [1.807, 2.05) is 37.3 Å². The first-order chi connectivity index (χ1) is 13.1. The number of nitrogens with zero attached hydrogens (tertiary/aromatic N) is 3. The predicted molar refractivity (Wildman–Crippen MR) is 96.2 cm³/mol. The number of hydrogen-bond donors (Lipinski definition) is 0. The number of rotatable bonds is 4. The monoisotopic (exact) mass is 367 g/mol. The van der Waals surface area contributed by atoms with Gasteiger partial charge in [0.1, 0.15) is 6.54 Å². The second-order valence-corrected chi connectivity index (χ2v) is 7.16. The Hall–Kier alpha value is -2.96. The van der Waals surface area contributed by atoms with Crippen LogP contribution >= 0.6 is 0 Å². The smallest absolute Gasteiger partial charge is 0.334 e. The van der Waals surface area contributed by atoms with Crippen LogP contribution in [0.25, 0.3) is 11.3 Å². The van der Waals surface area contributed by atoms with Gasteiger partial charge in [-0.25, -0.2) is 14.7 Å². The van der Waals surface area contributed by atoms with E-state index in [-0.39, 0.29) is 24.4 Å². The van der Waals surface area contributed by atoms with Crippen LogP contribution in [0.1, 0.15) is 38.5 Å². The fourth-order valence-electron chi connectivity index (χ4n) is 3.89. The molecule has 7 nitrogen and oxygen atoms in total. The molecule has 7 heteroatoms. The van der Waals surface area contributed by atoms with Crippen molar-refractivity contribution in [3.63, 3.8) is 0 Å². The van der Waals surface area contributed by atoms with Gasteiger partial charge in [-0.1, -0.05) is 50.1 Å². The molecule has 2 aromatic rings. The van der Waals surface area contributed by atoms with Crippen molar-refractivity contribution in [2.45, 2.75) is 45.2 Å². The zero-order valence-electron chi connectivity index (χ0n) is 15.1. The van der Waals surface area contributed by atoms with Gasteiger partial charge in [-0.05, 0) is 18.8 Å². The Morgan fingerprint density at radius 3 is 2.56 bits per heavy atom. The van der Waals surface area contributed by atoms with Gasteiger partial charge >= 0.3 is 17.8 Å². The third-order valence-corrected chi connectivity index (χ3v) is 5.39. The van der Waals surface area contributed by atoms with Gasteiger partial charge in [-0.15, -0.1) is 0 Å². The molecule has 27 heavy (non-hydrogen) atoms. The lowest BCUT2D eigenvalue weighted by Crippen LogP contribution is -2.46. The average Bonchev–Trinajstić information content (AvgIpc) is 3.23. The summed E-state index contributed by atoms with van der Waals surface area (Å²) in [4.78, 5) is 43.9. The topological polar surface area (TPSA) is 83.7 Å². The highest BCUT2D eigenvalue weighted by Gasteiger charge is 2.49. The molecule has 0 N–H and O–H groups in total. The summed E-state index contributed by atoms with van der Waals surface area (Å²) in [5.74, 6) is -0.577. The summed E-state index contributed by atoms with van der Waals surface area (Å²) in [5, 5.41) is 0. The number of imide groups is 2. The Morgan fingerprint density at radius 1 is 1.07 bits per heavy atom. The molecule has 0 radical (unpaired) electrons. The summed E-state index contributed by atoms with van der Waals surface area (Å²) in [6, 6.07) is 8.65. The summed E-state index contributed by atoms with van der Waals surface area (Å²) in [6.45, 7) is 1.88.